The molecule has 3 nitrogen and oxygen atoms in total. The van der Waals surface area contributed by atoms with Gasteiger partial charge in [-0.25, -0.2) is 0 Å². The van der Waals surface area contributed by atoms with Crippen molar-refractivity contribution in [3.8, 4) is 0 Å². The average molecular weight is 282 g/mol. The summed E-state index contributed by atoms with van der Waals surface area (Å²) in [6, 6.07) is 1.41. The van der Waals surface area contributed by atoms with E-state index >= 15 is 0 Å². The van der Waals surface area contributed by atoms with Crippen molar-refractivity contribution in [1.82, 2.24) is 10.2 Å². The Morgan fingerprint density at radius 3 is 2.85 bits per heavy atom. The summed E-state index contributed by atoms with van der Waals surface area (Å²) in [5, 5.41) is 3.74. The van der Waals surface area contributed by atoms with E-state index in [9.17, 15) is 0 Å². The maximum absolute atomic E-state index is 5.74. The van der Waals surface area contributed by atoms with Gasteiger partial charge < -0.3 is 10.1 Å². The van der Waals surface area contributed by atoms with Crippen LogP contribution in [-0.4, -0.2) is 49.3 Å². The summed E-state index contributed by atoms with van der Waals surface area (Å²) in [4.78, 5) is 2.71. The van der Waals surface area contributed by atoms with E-state index < -0.39 is 0 Å². The molecule has 0 aromatic rings. The number of nitrogens with one attached hydrogen (secondary N) is 1. The van der Waals surface area contributed by atoms with Crippen molar-refractivity contribution in [1.29, 1.82) is 0 Å². The van der Waals surface area contributed by atoms with E-state index in [1.165, 1.54) is 58.2 Å². The number of nitrogens with zero attached hydrogens (tertiary/aromatic N) is 1. The molecule has 0 amide bonds. The highest BCUT2D eigenvalue weighted by atomic mass is 16.5. The first-order valence-corrected chi connectivity index (χ1v) is 8.74. The van der Waals surface area contributed by atoms with Crippen molar-refractivity contribution in [3.05, 3.63) is 0 Å². The second kappa shape index (κ2) is 8.35. The van der Waals surface area contributed by atoms with E-state index in [-0.39, 0.29) is 0 Å². The minimum absolute atomic E-state index is 0.557. The van der Waals surface area contributed by atoms with Crippen molar-refractivity contribution >= 4 is 0 Å². The molecule has 1 N–H and O–H groups in total. The van der Waals surface area contributed by atoms with E-state index in [0.717, 1.165) is 18.6 Å². The highest BCUT2D eigenvalue weighted by Crippen LogP contribution is 2.19. The zero-order valence-electron chi connectivity index (χ0n) is 13.7. The van der Waals surface area contributed by atoms with Crippen molar-refractivity contribution < 1.29 is 4.74 Å². The van der Waals surface area contributed by atoms with Crippen LogP contribution in [0.4, 0.5) is 0 Å². The van der Waals surface area contributed by atoms with Crippen molar-refractivity contribution in [2.45, 2.75) is 77.5 Å². The molecule has 20 heavy (non-hydrogen) atoms. The van der Waals surface area contributed by atoms with E-state index in [0.29, 0.717) is 12.1 Å². The fourth-order valence-corrected chi connectivity index (χ4v) is 3.64. The van der Waals surface area contributed by atoms with Crippen LogP contribution in [0.25, 0.3) is 0 Å². The molecule has 2 aliphatic heterocycles. The van der Waals surface area contributed by atoms with Crippen LogP contribution < -0.4 is 5.32 Å². The molecule has 3 heteroatoms. The Morgan fingerprint density at radius 2 is 2.15 bits per heavy atom. The van der Waals surface area contributed by atoms with E-state index in [1.807, 2.05) is 0 Å². The average Bonchev–Trinajstić information content (AvgIpc) is 2.83. The van der Waals surface area contributed by atoms with Crippen LogP contribution in [0.5, 0.6) is 0 Å². The van der Waals surface area contributed by atoms with Gasteiger partial charge in [-0.1, -0.05) is 13.8 Å². The first-order chi connectivity index (χ1) is 9.65. The predicted molar refractivity (Wildman–Crippen MR) is 85.1 cm³/mol. The molecule has 2 saturated heterocycles. The van der Waals surface area contributed by atoms with E-state index in [4.69, 9.17) is 4.74 Å². The third kappa shape index (κ3) is 5.34. The lowest BCUT2D eigenvalue weighted by Crippen LogP contribution is -2.41. The molecular weight excluding hydrogens is 248 g/mol. The molecule has 3 atom stereocenters. The number of hydrogen-bond donors (Lipinski definition) is 1. The molecule has 2 fully saturated rings. The summed E-state index contributed by atoms with van der Waals surface area (Å²) in [5.74, 6) is 0.787. The zero-order valence-corrected chi connectivity index (χ0v) is 13.7. The van der Waals surface area contributed by atoms with Crippen molar-refractivity contribution in [3.63, 3.8) is 0 Å². The Balaban J connectivity index is 1.73. The van der Waals surface area contributed by atoms with Crippen LogP contribution in [0.3, 0.4) is 0 Å². The van der Waals surface area contributed by atoms with Gasteiger partial charge in [0.1, 0.15) is 0 Å². The van der Waals surface area contributed by atoms with Crippen LogP contribution in [0.1, 0.15) is 59.3 Å². The van der Waals surface area contributed by atoms with Gasteiger partial charge in [-0.2, -0.15) is 0 Å². The van der Waals surface area contributed by atoms with Gasteiger partial charge in [-0.3, -0.25) is 4.90 Å². The fraction of sp³-hybridized carbons (Fsp3) is 1.00. The molecule has 118 valence electrons. The summed E-state index contributed by atoms with van der Waals surface area (Å²) in [5.41, 5.74) is 0. The summed E-state index contributed by atoms with van der Waals surface area (Å²) >= 11 is 0. The second-order valence-electron chi connectivity index (χ2n) is 7.19. The highest BCUT2D eigenvalue weighted by Gasteiger charge is 2.23. The molecular formula is C17H34N2O. The molecule has 3 unspecified atom stereocenters. The van der Waals surface area contributed by atoms with Gasteiger partial charge in [0, 0.05) is 25.2 Å². The minimum atomic E-state index is 0.557. The molecule has 0 aliphatic carbocycles. The molecule has 0 spiro atoms. The molecule has 0 saturated carbocycles. The number of hydrogen-bond acceptors (Lipinski definition) is 3. The first kappa shape index (κ1) is 16.3. The van der Waals surface area contributed by atoms with Gasteiger partial charge in [0.05, 0.1) is 6.10 Å². The number of rotatable bonds is 6. The highest BCUT2D eigenvalue weighted by molar-refractivity contribution is 4.82. The Morgan fingerprint density at radius 1 is 1.30 bits per heavy atom. The molecule has 2 heterocycles. The van der Waals surface area contributed by atoms with Gasteiger partial charge in [0.2, 0.25) is 0 Å². The van der Waals surface area contributed by atoms with Gasteiger partial charge in [0.25, 0.3) is 0 Å². The van der Waals surface area contributed by atoms with Gasteiger partial charge in [-0.05, 0) is 64.5 Å². The van der Waals surface area contributed by atoms with Crippen LogP contribution in [0.2, 0.25) is 0 Å². The Bertz CT molecular complexity index is 264. The zero-order chi connectivity index (χ0) is 14.4. The monoisotopic (exact) mass is 282 g/mol. The lowest BCUT2D eigenvalue weighted by atomic mass is 10.0. The maximum Gasteiger partial charge on any atom is 0.0576 e. The summed E-state index contributed by atoms with van der Waals surface area (Å²) < 4.78 is 5.74. The molecule has 0 aromatic heterocycles. The maximum atomic E-state index is 5.74. The Kier molecular flexibility index (Phi) is 6.79. The predicted octanol–water partition coefficient (Wildman–Crippen LogP) is 3.04. The summed E-state index contributed by atoms with van der Waals surface area (Å²) in [7, 11) is 0. The Hall–Kier alpha value is -0.120. The van der Waals surface area contributed by atoms with Crippen molar-refractivity contribution in [2.24, 2.45) is 5.92 Å². The lowest BCUT2D eigenvalue weighted by Gasteiger charge is -2.30. The lowest BCUT2D eigenvalue weighted by molar-refractivity contribution is 0.0959. The topological polar surface area (TPSA) is 24.5 Å². The van der Waals surface area contributed by atoms with E-state index in [2.05, 4.69) is 31.0 Å². The smallest absolute Gasteiger partial charge is 0.0576 e. The van der Waals surface area contributed by atoms with Crippen molar-refractivity contribution in [2.75, 3.05) is 26.2 Å². The van der Waals surface area contributed by atoms with Crippen LogP contribution in [0.15, 0.2) is 0 Å². The molecule has 2 aliphatic rings. The molecule has 0 aromatic carbocycles. The molecule has 0 bridgehead atoms. The standard InChI is InChI=1S/C17H34N2O/c1-14(2)12-16-13-19(15(3)8-9-18-16)10-4-6-17-7-5-11-20-17/h14-18H,4-13H2,1-3H3. The summed E-state index contributed by atoms with van der Waals surface area (Å²) in [6.07, 6.45) is 8.25. The Labute approximate surface area is 125 Å². The SMILES string of the molecule is CC(C)CC1CN(CCCC2CCCO2)C(C)CCN1. The first-order valence-electron chi connectivity index (χ1n) is 8.74. The second-order valence-corrected chi connectivity index (χ2v) is 7.19. The fourth-order valence-electron chi connectivity index (χ4n) is 3.64. The quantitative estimate of drug-likeness (QED) is 0.810. The third-order valence-electron chi connectivity index (χ3n) is 4.82. The van der Waals surface area contributed by atoms with Crippen LogP contribution in [-0.2, 0) is 4.74 Å². The molecule has 0 radical (unpaired) electrons. The molecule has 2 rings (SSSR count). The van der Waals surface area contributed by atoms with Gasteiger partial charge in [0.15, 0.2) is 0 Å². The van der Waals surface area contributed by atoms with E-state index in [1.54, 1.807) is 0 Å². The normalized spacial score (nSPS) is 32.7. The largest absolute Gasteiger partial charge is 0.378 e. The third-order valence-corrected chi connectivity index (χ3v) is 4.82. The number of ether oxygens (including phenoxy) is 1. The minimum Gasteiger partial charge on any atom is -0.378 e. The van der Waals surface area contributed by atoms with Crippen LogP contribution >= 0.6 is 0 Å². The van der Waals surface area contributed by atoms with Crippen LogP contribution in [0, 0.1) is 5.92 Å². The van der Waals surface area contributed by atoms with Gasteiger partial charge >= 0.3 is 0 Å². The van der Waals surface area contributed by atoms with Gasteiger partial charge in [-0.15, -0.1) is 0 Å². The summed E-state index contributed by atoms with van der Waals surface area (Å²) in [6.45, 7) is 11.7.